The number of hydrogen-bond acceptors (Lipinski definition) is 4. The van der Waals surface area contributed by atoms with Gasteiger partial charge in [0.05, 0.1) is 11.1 Å². The van der Waals surface area contributed by atoms with Crippen LogP contribution in [0.15, 0.2) is 59.7 Å². The first kappa shape index (κ1) is 26.5. The van der Waals surface area contributed by atoms with Gasteiger partial charge in [0, 0.05) is 71.5 Å². The number of Topliss-reactive ketones (excluding diaryl/α,β-unsaturated/α-hetero) is 1. The lowest BCUT2D eigenvalue weighted by atomic mass is 10.1. The Balaban J connectivity index is 1.57. The molecule has 1 fully saturated rings. The first-order chi connectivity index (χ1) is 18.1. The van der Waals surface area contributed by atoms with Crippen LogP contribution in [0.3, 0.4) is 0 Å². The molecule has 10 nitrogen and oxygen atoms in total. The number of aromatic nitrogens is 1. The molecule has 2 heterocycles. The molecule has 38 heavy (non-hydrogen) atoms. The maximum atomic E-state index is 14.8. The Hall–Kier alpha value is -4.54. The van der Waals surface area contributed by atoms with Crippen molar-refractivity contribution in [3.8, 4) is 0 Å². The molecular formula is C27H29FN6O4. The zero-order valence-corrected chi connectivity index (χ0v) is 21.7. The van der Waals surface area contributed by atoms with Gasteiger partial charge in [0.1, 0.15) is 11.7 Å². The number of benzene rings is 2. The third-order valence-electron chi connectivity index (χ3n) is 6.29. The normalized spacial score (nSPS) is 14.0. The third-order valence-corrected chi connectivity index (χ3v) is 6.29. The summed E-state index contributed by atoms with van der Waals surface area (Å²) < 4.78 is 16.0. The number of amidine groups is 1. The van der Waals surface area contributed by atoms with Crippen LogP contribution >= 0.6 is 0 Å². The van der Waals surface area contributed by atoms with E-state index in [1.165, 1.54) is 43.7 Å². The zero-order valence-electron chi connectivity index (χ0n) is 21.7. The van der Waals surface area contributed by atoms with Gasteiger partial charge in [0.2, 0.25) is 0 Å². The summed E-state index contributed by atoms with van der Waals surface area (Å²) in [4.78, 5) is 61.7. The molecule has 0 N–H and O–H groups in total. The van der Waals surface area contributed by atoms with E-state index in [9.17, 15) is 23.6 Å². The molecule has 0 saturated carbocycles. The molecule has 0 atom stereocenters. The molecule has 11 heteroatoms. The lowest BCUT2D eigenvalue weighted by Gasteiger charge is -2.36. The number of piperazine rings is 1. The summed E-state index contributed by atoms with van der Waals surface area (Å²) in [6.45, 7) is 1.07. The fourth-order valence-corrected chi connectivity index (χ4v) is 4.27. The number of nitrogens with zero attached hydrogens (tertiary/aromatic N) is 6. The largest absolute Gasteiger partial charge is 0.352 e. The highest BCUT2D eigenvalue weighted by Crippen LogP contribution is 2.26. The summed E-state index contributed by atoms with van der Waals surface area (Å²) in [7, 11) is 6.31. The van der Waals surface area contributed by atoms with E-state index >= 15 is 0 Å². The SMILES string of the molecule is CN(C)C(=O)N=C(c1ccccc1)N1CCN(C(=O)C(=O)c2cn(C(=O)N(C)C)c3cccc(F)c23)CC1. The number of ketones is 1. The van der Waals surface area contributed by atoms with Gasteiger partial charge in [-0.1, -0.05) is 36.4 Å². The van der Waals surface area contributed by atoms with E-state index in [2.05, 4.69) is 4.99 Å². The van der Waals surface area contributed by atoms with E-state index in [4.69, 9.17) is 0 Å². The molecule has 4 rings (SSSR count). The van der Waals surface area contributed by atoms with Crippen LogP contribution in [0, 0.1) is 5.82 Å². The van der Waals surface area contributed by atoms with Crippen molar-refractivity contribution in [3.63, 3.8) is 0 Å². The van der Waals surface area contributed by atoms with Gasteiger partial charge in [-0.15, -0.1) is 0 Å². The van der Waals surface area contributed by atoms with Crippen molar-refractivity contribution in [1.82, 2.24) is 24.2 Å². The number of urea groups is 1. The summed E-state index contributed by atoms with van der Waals surface area (Å²) in [6, 6.07) is 12.5. The molecule has 3 aromatic rings. The first-order valence-corrected chi connectivity index (χ1v) is 12.0. The Morgan fingerprint density at radius 3 is 2.05 bits per heavy atom. The van der Waals surface area contributed by atoms with E-state index < -0.39 is 29.6 Å². The van der Waals surface area contributed by atoms with Crippen molar-refractivity contribution in [2.24, 2.45) is 4.99 Å². The van der Waals surface area contributed by atoms with Gasteiger partial charge in [0.15, 0.2) is 0 Å². The zero-order chi connectivity index (χ0) is 27.6. The summed E-state index contributed by atoms with van der Waals surface area (Å²) in [6.07, 6.45) is 1.22. The molecule has 1 aliphatic heterocycles. The van der Waals surface area contributed by atoms with Crippen LogP contribution in [0.5, 0.6) is 0 Å². The second kappa shape index (κ2) is 10.8. The monoisotopic (exact) mass is 520 g/mol. The Morgan fingerprint density at radius 1 is 0.816 bits per heavy atom. The van der Waals surface area contributed by atoms with Crippen LogP contribution in [0.2, 0.25) is 0 Å². The summed E-state index contributed by atoms with van der Waals surface area (Å²) in [5, 5.41) is -0.0691. The van der Waals surface area contributed by atoms with Crippen molar-refractivity contribution in [3.05, 3.63) is 71.7 Å². The Morgan fingerprint density at radius 2 is 1.45 bits per heavy atom. The minimum absolute atomic E-state index is 0.0691. The van der Waals surface area contributed by atoms with Gasteiger partial charge in [-0.3, -0.25) is 14.2 Å². The highest BCUT2D eigenvalue weighted by Gasteiger charge is 2.32. The first-order valence-electron chi connectivity index (χ1n) is 12.0. The standard InChI is InChI=1S/C27H29FN6O4/c1-30(2)26(37)29-24(18-9-6-5-7-10-18)32-13-15-33(16-14-32)25(36)23(35)19-17-34(27(38)31(3)4)21-12-8-11-20(28)22(19)21/h5-12,17H,13-16H2,1-4H3. The minimum Gasteiger partial charge on any atom is -0.352 e. The van der Waals surface area contributed by atoms with Crippen molar-refractivity contribution >= 4 is 40.5 Å². The average molecular weight is 521 g/mol. The summed E-state index contributed by atoms with van der Waals surface area (Å²) in [5.74, 6) is -1.89. The molecule has 0 radical (unpaired) electrons. The van der Waals surface area contributed by atoms with Crippen molar-refractivity contribution in [2.75, 3.05) is 54.4 Å². The van der Waals surface area contributed by atoms with Gasteiger partial charge in [-0.25, -0.2) is 14.0 Å². The fourth-order valence-electron chi connectivity index (χ4n) is 4.27. The Labute approximate surface area is 219 Å². The van der Waals surface area contributed by atoms with E-state index in [1.54, 1.807) is 28.2 Å². The van der Waals surface area contributed by atoms with Crippen LogP contribution in [0.4, 0.5) is 14.0 Å². The molecular weight excluding hydrogens is 491 g/mol. The number of amides is 4. The second-order valence-corrected chi connectivity index (χ2v) is 9.31. The predicted molar refractivity (Wildman–Crippen MR) is 141 cm³/mol. The number of aliphatic imine (C=N–C) groups is 1. The van der Waals surface area contributed by atoms with E-state index in [0.29, 0.717) is 18.9 Å². The van der Waals surface area contributed by atoms with Gasteiger partial charge >= 0.3 is 12.1 Å². The number of fused-ring (bicyclic) bond motifs is 1. The molecule has 0 unspecified atom stereocenters. The number of rotatable bonds is 3. The van der Waals surface area contributed by atoms with Crippen LogP contribution < -0.4 is 0 Å². The minimum atomic E-state index is -0.890. The van der Waals surface area contributed by atoms with Crippen molar-refractivity contribution in [1.29, 1.82) is 0 Å². The lowest BCUT2D eigenvalue weighted by Crippen LogP contribution is -2.52. The molecule has 0 spiro atoms. The lowest BCUT2D eigenvalue weighted by molar-refractivity contribution is -0.127. The predicted octanol–water partition coefficient (Wildman–Crippen LogP) is 2.77. The number of carbonyl (C=O) groups excluding carboxylic acids is 4. The molecule has 0 aliphatic carbocycles. The molecule has 1 saturated heterocycles. The van der Waals surface area contributed by atoms with Gasteiger partial charge < -0.3 is 19.6 Å². The molecule has 2 aromatic carbocycles. The Bertz CT molecular complexity index is 1420. The van der Waals surface area contributed by atoms with Gasteiger partial charge in [0.25, 0.3) is 11.7 Å². The van der Waals surface area contributed by atoms with Crippen LogP contribution in [-0.2, 0) is 4.79 Å². The van der Waals surface area contributed by atoms with Crippen molar-refractivity contribution < 1.29 is 23.6 Å². The van der Waals surface area contributed by atoms with E-state index in [0.717, 1.165) is 5.56 Å². The van der Waals surface area contributed by atoms with Crippen LogP contribution in [0.1, 0.15) is 15.9 Å². The van der Waals surface area contributed by atoms with Crippen LogP contribution in [-0.4, -0.2) is 108 Å². The van der Waals surface area contributed by atoms with E-state index in [-0.39, 0.29) is 29.6 Å². The second-order valence-electron chi connectivity index (χ2n) is 9.31. The fraction of sp³-hybridized carbons (Fsp3) is 0.296. The maximum Gasteiger partial charge on any atom is 0.344 e. The van der Waals surface area contributed by atoms with Gasteiger partial charge in [-0.2, -0.15) is 4.99 Å². The summed E-state index contributed by atoms with van der Waals surface area (Å²) >= 11 is 0. The maximum absolute atomic E-state index is 14.8. The van der Waals surface area contributed by atoms with Crippen LogP contribution in [0.25, 0.3) is 10.9 Å². The molecule has 198 valence electrons. The van der Waals surface area contributed by atoms with E-state index in [1.807, 2.05) is 35.2 Å². The third kappa shape index (κ3) is 5.13. The average Bonchev–Trinajstić information content (AvgIpc) is 3.31. The topological polar surface area (TPSA) is 98.5 Å². The highest BCUT2D eigenvalue weighted by molar-refractivity contribution is 6.45. The molecule has 4 amide bonds. The molecule has 1 aliphatic rings. The smallest absolute Gasteiger partial charge is 0.344 e. The highest BCUT2D eigenvalue weighted by atomic mass is 19.1. The van der Waals surface area contributed by atoms with Gasteiger partial charge in [-0.05, 0) is 12.1 Å². The number of hydrogen-bond donors (Lipinski definition) is 0. The quantitative estimate of drug-likeness (QED) is 0.229. The number of carbonyl (C=O) groups is 4. The summed E-state index contributed by atoms with van der Waals surface area (Å²) in [5.41, 5.74) is 0.801. The van der Waals surface area contributed by atoms with Crippen molar-refractivity contribution in [2.45, 2.75) is 0 Å². The number of halogens is 1. The molecule has 0 bridgehead atoms. The Kier molecular flexibility index (Phi) is 7.56. The molecule has 1 aromatic heterocycles.